The summed E-state index contributed by atoms with van der Waals surface area (Å²) in [6, 6.07) is 22.1. The molecule has 278 valence electrons. The number of carbonyl (C=O) groups excluding carboxylic acids is 2. The Morgan fingerprint density at radius 1 is 0.943 bits per heavy atom. The van der Waals surface area contributed by atoms with Crippen LogP contribution >= 0.6 is 0 Å². The number of benzene rings is 3. The number of aryl methyl sites for hydroxylation is 2. The molecule has 1 fully saturated rings. The normalized spacial score (nSPS) is 24.7. The number of nitrogens with one attached hydrogen (secondary N) is 1. The van der Waals surface area contributed by atoms with Gasteiger partial charge in [0.1, 0.15) is 0 Å². The van der Waals surface area contributed by atoms with Crippen LogP contribution in [-0.2, 0) is 28.9 Å². The predicted octanol–water partition coefficient (Wildman–Crippen LogP) is 7.33. The lowest BCUT2D eigenvalue weighted by Crippen LogP contribution is -2.38. The number of Topliss-reactive ketones (excluding diaryl/α,β-unsaturated/α-hetero) is 2. The number of nitrogens with two attached hydrogens (primary N) is 1. The summed E-state index contributed by atoms with van der Waals surface area (Å²) in [6.07, 6.45) is 10.1. The number of hydrogen-bond donors (Lipinski definition) is 4. The van der Waals surface area contributed by atoms with Gasteiger partial charge in [-0.3, -0.25) is 9.59 Å². The summed E-state index contributed by atoms with van der Waals surface area (Å²) in [4.78, 5) is 28.1. The van der Waals surface area contributed by atoms with Crippen LogP contribution in [0.15, 0.2) is 90.3 Å². The zero-order valence-electron chi connectivity index (χ0n) is 31.2. The summed E-state index contributed by atoms with van der Waals surface area (Å²) >= 11 is 0. The van der Waals surface area contributed by atoms with Gasteiger partial charge in [0.15, 0.2) is 29.2 Å². The molecule has 3 aromatic rings. The second-order valence-electron chi connectivity index (χ2n) is 15.1. The number of fused-ring (bicyclic) bond motifs is 2. The summed E-state index contributed by atoms with van der Waals surface area (Å²) in [5, 5.41) is 26.4. The zero-order valence-corrected chi connectivity index (χ0v) is 31.2. The van der Waals surface area contributed by atoms with Gasteiger partial charge in [-0.25, -0.2) is 0 Å². The van der Waals surface area contributed by atoms with Gasteiger partial charge < -0.3 is 26.0 Å². The molecule has 3 aromatic carbocycles. The quantitative estimate of drug-likeness (QED) is 0.128. The van der Waals surface area contributed by atoms with Crippen LogP contribution in [0.3, 0.4) is 0 Å². The Morgan fingerprint density at radius 3 is 2.42 bits per heavy atom. The maximum absolute atomic E-state index is 14.3. The second kappa shape index (κ2) is 17.8. The monoisotopic (exact) mass is 714 g/mol. The number of ketones is 2. The third kappa shape index (κ3) is 9.23. The van der Waals surface area contributed by atoms with E-state index in [0.717, 1.165) is 59.9 Å². The molecule has 0 saturated heterocycles. The number of rotatable bonds is 10. The van der Waals surface area contributed by atoms with Crippen molar-refractivity contribution in [2.75, 3.05) is 13.7 Å². The summed E-state index contributed by atoms with van der Waals surface area (Å²) < 4.78 is 5.69. The maximum Gasteiger partial charge on any atom is 0.173 e. The van der Waals surface area contributed by atoms with E-state index in [4.69, 9.17) is 10.5 Å². The molecule has 7 heteroatoms. The van der Waals surface area contributed by atoms with Gasteiger partial charge in [-0.15, -0.1) is 0 Å². The van der Waals surface area contributed by atoms with Crippen LogP contribution in [0.5, 0.6) is 11.5 Å². The third-order valence-electron chi connectivity index (χ3n) is 11.5. The minimum Gasteiger partial charge on any atom is -0.504 e. The van der Waals surface area contributed by atoms with Crippen molar-refractivity contribution in [3.63, 3.8) is 0 Å². The van der Waals surface area contributed by atoms with Gasteiger partial charge in [0, 0.05) is 30.4 Å². The van der Waals surface area contributed by atoms with Gasteiger partial charge in [0.05, 0.1) is 18.8 Å². The Balaban J connectivity index is 1.51. The number of carbonyl (C=O) groups is 2. The van der Waals surface area contributed by atoms with Gasteiger partial charge >= 0.3 is 0 Å². The fraction of sp³-hybridized carbons (Fsp3) is 0.435. The minimum atomic E-state index is -1.70. The molecule has 7 nitrogen and oxygen atoms in total. The maximum atomic E-state index is 14.3. The molecule has 5 N–H and O–H groups in total. The van der Waals surface area contributed by atoms with E-state index in [-0.39, 0.29) is 36.3 Å². The smallest absolute Gasteiger partial charge is 0.173 e. The molecule has 0 aromatic heterocycles. The largest absolute Gasteiger partial charge is 0.504 e. The van der Waals surface area contributed by atoms with Crippen molar-refractivity contribution in [1.29, 1.82) is 0 Å². The number of aromatic hydroxyl groups is 1. The lowest BCUT2D eigenvalue weighted by Gasteiger charge is -2.27. The summed E-state index contributed by atoms with van der Waals surface area (Å²) in [7, 11) is 1.53. The average molecular weight is 715 g/mol. The van der Waals surface area contributed by atoms with E-state index in [9.17, 15) is 19.8 Å². The fourth-order valence-electron chi connectivity index (χ4n) is 8.74. The highest BCUT2D eigenvalue weighted by Crippen LogP contribution is 2.44. The van der Waals surface area contributed by atoms with E-state index < -0.39 is 29.5 Å². The van der Waals surface area contributed by atoms with Crippen LogP contribution in [0.4, 0.5) is 0 Å². The number of phenolic OH excluding ortho intramolecular Hbond substituents is 1. The van der Waals surface area contributed by atoms with Crippen LogP contribution in [0, 0.1) is 35.5 Å². The van der Waals surface area contributed by atoms with E-state index in [2.05, 4.69) is 54.4 Å². The van der Waals surface area contributed by atoms with Crippen molar-refractivity contribution in [2.24, 2.45) is 29.4 Å². The topological polar surface area (TPSA) is 122 Å². The minimum absolute atomic E-state index is 0.0177. The lowest BCUT2D eigenvalue weighted by atomic mass is 9.76. The molecule has 2 aliphatic carbocycles. The van der Waals surface area contributed by atoms with Crippen LogP contribution in [-0.4, -0.2) is 41.5 Å². The standard InChI is InChI=1S/C46H54N2O5/c1-3-4-11-31-24-33(25-32-22-23-48-42(47)28-32)26-35-17-20-37(34-14-9-6-10-15-34)43-36(18-21-40(49)46(52)45(51)39(35)27-31)29-41(53-2)44(50)38(43)19-16-30-12-7-5-8-13-30/h5-10,12-15,22,28-29,31,33,35,37,39,46,48,50,52H,3-4,11,16,18-19,21,23-27,47H2,1-2H3/t31-,33+,35-,37-,39+,46+/m1/s1. The van der Waals surface area contributed by atoms with E-state index in [1.165, 1.54) is 12.7 Å². The first-order chi connectivity index (χ1) is 25.7. The first-order valence-corrected chi connectivity index (χ1v) is 19.4. The molecular weight excluding hydrogens is 661 g/mol. The highest BCUT2D eigenvalue weighted by molar-refractivity contribution is 6.06. The number of hydrogen-bond acceptors (Lipinski definition) is 7. The van der Waals surface area contributed by atoms with Crippen molar-refractivity contribution < 1.29 is 24.5 Å². The Kier molecular flexibility index (Phi) is 12.8. The Hall–Kier alpha value is -4.80. The first-order valence-electron chi connectivity index (χ1n) is 19.4. The summed E-state index contributed by atoms with van der Waals surface area (Å²) in [5.74, 6) is 6.71. The van der Waals surface area contributed by atoms with Crippen molar-refractivity contribution in [3.8, 4) is 23.3 Å². The summed E-state index contributed by atoms with van der Waals surface area (Å²) in [6.45, 7) is 2.87. The number of dihydropyridines is 1. The molecule has 0 amide bonds. The molecule has 6 rings (SSSR count). The number of allylic oxidation sites excluding steroid dienone is 2. The van der Waals surface area contributed by atoms with E-state index in [1.807, 2.05) is 42.5 Å². The van der Waals surface area contributed by atoms with Crippen molar-refractivity contribution in [3.05, 3.63) is 118 Å². The Labute approximate surface area is 314 Å². The highest BCUT2D eigenvalue weighted by atomic mass is 16.5. The van der Waals surface area contributed by atoms with Crippen LogP contribution in [0.1, 0.15) is 92.0 Å². The fourth-order valence-corrected chi connectivity index (χ4v) is 8.74. The number of unbranched alkanes of at least 4 members (excludes halogenated alkanes) is 1. The highest BCUT2D eigenvalue weighted by Gasteiger charge is 2.40. The number of aliphatic hydroxyl groups is 1. The van der Waals surface area contributed by atoms with E-state index >= 15 is 0 Å². The first kappa shape index (κ1) is 37.9. The number of phenols is 1. The molecule has 1 aliphatic heterocycles. The molecule has 3 aliphatic rings. The lowest BCUT2D eigenvalue weighted by molar-refractivity contribution is -0.142. The predicted molar refractivity (Wildman–Crippen MR) is 209 cm³/mol. The van der Waals surface area contributed by atoms with Gasteiger partial charge in [-0.1, -0.05) is 105 Å². The number of methoxy groups -OCH3 is 1. The average Bonchev–Trinajstić information content (AvgIpc) is 3.34. The van der Waals surface area contributed by atoms with Gasteiger partial charge in [-0.05, 0) is 96.8 Å². The molecule has 1 heterocycles. The van der Waals surface area contributed by atoms with Gasteiger partial charge in [-0.2, -0.15) is 0 Å². The van der Waals surface area contributed by atoms with Crippen LogP contribution < -0.4 is 15.8 Å². The molecule has 53 heavy (non-hydrogen) atoms. The Morgan fingerprint density at radius 2 is 1.70 bits per heavy atom. The van der Waals surface area contributed by atoms with Crippen LogP contribution in [0.2, 0.25) is 0 Å². The third-order valence-corrected chi connectivity index (χ3v) is 11.5. The van der Waals surface area contributed by atoms with Crippen LogP contribution in [0.25, 0.3) is 0 Å². The molecule has 1 saturated carbocycles. The zero-order chi connectivity index (χ0) is 37.3. The van der Waals surface area contributed by atoms with E-state index in [1.54, 1.807) is 6.07 Å². The van der Waals surface area contributed by atoms with Crippen molar-refractivity contribution in [2.45, 2.75) is 89.6 Å². The molecular formula is C46H54N2O5. The van der Waals surface area contributed by atoms with E-state index in [0.29, 0.717) is 43.8 Å². The number of aliphatic hydroxyl groups excluding tert-OH is 1. The van der Waals surface area contributed by atoms with Crippen molar-refractivity contribution in [1.82, 2.24) is 5.32 Å². The van der Waals surface area contributed by atoms with Gasteiger partial charge in [0.25, 0.3) is 0 Å². The molecule has 0 spiro atoms. The Bertz CT molecular complexity index is 1870. The molecule has 0 bridgehead atoms. The number of ether oxygens (including phenoxy) is 1. The van der Waals surface area contributed by atoms with Crippen molar-refractivity contribution >= 4 is 11.6 Å². The molecule has 0 unspecified atom stereocenters. The summed E-state index contributed by atoms with van der Waals surface area (Å²) in [5.41, 5.74) is 11.9. The SMILES string of the molecule is CCCC[C@@H]1C[C@@H](CC2=CCNC(N)=C2)C[C@H]2C#C[C@H](c3ccccc3)c3c(cc(OC)c(O)c3CCc3ccccc3)CCC(=O)[C@H](O)C(=O)[C@H]2C1. The molecule has 0 radical (unpaired) electrons. The second-order valence-corrected chi connectivity index (χ2v) is 15.1. The van der Waals surface area contributed by atoms with Gasteiger partial charge in [0.2, 0.25) is 0 Å². The molecule has 6 atom stereocenters.